The Balaban J connectivity index is 3.72. The molecule has 0 aromatic rings. The molecule has 0 radical (unpaired) electrons. The molecule has 0 rings (SSSR count). The molecule has 0 spiro atoms. The van der Waals surface area contributed by atoms with Gasteiger partial charge in [-0.3, -0.25) is 8.11 Å². The summed E-state index contributed by atoms with van der Waals surface area (Å²) in [5.41, 5.74) is 0. The normalized spacial score (nSPS) is 11.8. The minimum absolute atomic E-state index is 1.39. The monoisotopic (exact) mass is 263 g/mol. The second kappa shape index (κ2) is 7.46. The van der Waals surface area contributed by atoms with Gasteiger partial charge in [0, 0.05) is 18.6 Å². The van der Waals surface area contributed by atoms with Gasteiger partial charge >= 0.3 is 0 Å². The fraction of sp³-hybridized carbons (Fsp3) is 0.143. The lowest BCUT2D eigenvalue weighted by Crippen LogP contribution is -1.87. The van der Waals surface area contributed by atoms with Gasteiger partial charge in [0.25, 0.3) is 0 Å². The molecule has 0 fully saturated rings. The Kier molecular flexibility index (Phi) is 7.02. The Hall–Kier alpha value is -0.650. The van der Waals surface area contributed by atoms with Gasteiger partial charge in [-0.05, 0) is 13.6 Å². The molecule has 0 aliphatic carbocycles. The summed E-state index contributed by atoms with van der Waals surface area (Å²) in [5, 5.41) is 0. The number of hydrogen-bond donors (Lipinski definition) is 0. The minimum Gasteiger partial charge on any atom is -0.296 e. The Morgan fingerprint density at radius 1 is 1.45 bits per heavy atom. The maximum Gasteiger partial charge on any atom is 0.114 e. The summed E-state index contributed by atoms with van der Waals surface area (Å²) in [6, 6.07) is 0. The summed E-state index contributed by atoms with van der Waals surface area (Å²) in [5.74, 6) is 0. The Morgan fingerprint density at radius 3 is 2.73 bits per heavy atom. The van der Waals surface area contributed by atoms with E-state index in [0.29, 0.717) is 0 Å². The molecule has 0 atom stereocenters. The van der Waals surface area contributed by atoms with Gasteiger partial charge in [-0.2, -0.15) is 0 Å². The van der Waals surface area contributed by atoms with Crippen LogP contribution in [0.15, 0.2) is 34.7 Å². The van der Waals surface area contributed by atoms with Crippen LogP contribution in [0.4, 0.5) is 0 Å². The molecule has 0 saturated carbocycles. The van der Waals surface area contributed by atoms with E-state index in [0.717, 1.165) is 0 Å². The number of nitrogens with zero attached hydrogens (tertiary/aromatic N) is 3. The molecule has 0 N–H and O–H groups in total. The highest BCUT2D eigenvalue weighted by molar-refractivity contribution is 14.1. The zero-order valence-electron chi connectivity index (χ0n) is 6.31. The van der Waals surface area contributed by atoms with Crippen LogP contribution in [0.2, 0.25) is 0 Å². The van der Waals surface area contributed by atoms with Gasteiger partial charge in [0.2, 0.25) is 0 Å². The van der Waals surface area contributed by atoms with Gasteiger partial charge in [-0.25, -0.2) is 4.99 Å². The third-order valence-electron chi connectivity index (χ3n) is 0.735. The van der Waals surface area contributed by atoms with Crippen molar-refractivity contribution in [2.45, 2.75) is 6.92 Å². The Morgan fingerprint density at radius 2 is 2.18 bits per heavy atom. The molecule has 0 bridgehead atoms. The first-order valence-corrected chi connectivity index (χ1v) is 3.99. The van der Waals surface area contributed by atoms with Crippen molar-refractivity contribution in [3.63, 3.8) is 0 Å². The van der Waals surface area contributed by atoms with E-state index in [4.69, 9.17) is 0 Å². The van der Waals surface area contributed by atoms with E-state index in [-0.39, 0.29) is 0 Å². The van der Waals surface area contributed by atoms with Crippen molar-refractivity contribution in [3.8, 4) is 0 Å². The van der Waals surface area contributed by atoms with Crippen molar-refractivity contribution < 1.29 is 0 Å². The minimum atomic E-state index is 1.39. The molecule has 3 nitrogen and oxygen atoms in total. The summed E-state index contributed by atoms with van der Waals surface area (Å²) >= 11 is 2.13. The zero-order valence-corrected chi connectivity index (χ0v) is 8.47. The van der Waals surface area contributed by atoms with Crippen molar-refractivity contribution in [2.24, 2.45) is 9.98 Å². The van der Waals surface area contributed by atoms with Gasteiger partial charge in [0.1, 0.15) is 6.34 Å². The third-order valence-corrected chi connectivity index (χ3v) is 1.38. The highest BCUT2D eigenvalue weighted by Gasteiger charge is 1.79. The number of aliphatic imine (C=N–C) groups is 2. The summed E-state index contributed by atoms with van der Waals surface area (Å²) in [4.78, 5) is 7.24. The van der Waals surface area contributed by atoms with Gasteiger partial charge in [0.05, 0.1) is 22.9 Å². The van der Waals surface area contributed by atoms with E-state index in [1.807, 2.05) is 28.5 Å². The molecule has 60 valence electrons. The molecule has 0 aliphatic rings. The lowest BCUT2D eigenvalue weighted by atomic mass is 10.7. The quantitative estimate of drug-likeness (QED) is 0.331. The van der Waals surface area contributed by atoms with E-state index in [2.05, 4.69) is 39.6 Å². The first-order valence-electron chi connectivity index (χ1n) is 3.02. The van der Waals surface area contributed by atoms with Crippen molar-refractivity contribution in [3.05, 3.63) is 24.7 Å². The molecule has 0 amide bonds. The van der Waals surface area contributed by atoms with Crippen molar-refractivity contribution in [2.75, 3.05) is 0 Å². The number of rotatable bonds is 4. The second-order valence-corrected chi connectivity index (χ2v) is 2.69. The van der Waals surface area contributed by atoms with Gasteiger partial charge < -0.3 is 0 Å². The molecule has 0 aromatic heterocycles. The van der Waals surface area contributed by atoms with Gasteiger partial charge in [-0.15, -0.1) is 0 Å². The number of halogens is 1. The predicted octanol–water partition coefficient (Wildman–Crippen LogP) is 2.37. The van der Waals surface area contributed by atoms with Crippen LogP contribution in [0.5, 0.6) is 0 Å². The van der Waals surface area contributed by atoms with Crippen LogP contribution in [0, 0.1) is 0 Å². The van der Waals surface area contributed by atoms with E-state index < -0.39 is 0 Å². The summed E-state index contributed by atoms with van der Waals surface area (Å²) in [7, 11) is 0. The lowest BCUT2D eigenvalue weighted by molar-refractivity contribution is 0.910. The van der Waals surface area contributed by atoms with Crippen LogP contribution < -0.4 is 0 Å². The van der Waals surface area contributed by atoms with Crippen LogP contribution in [0.1, 0.15) is 6.92 Å². The number of allylic oxidation sites excluding steroid dienone is 1. The smallest absolute Gasteiger partial charge is 0.114 e. The highest BCUT2D eigenvalue weighted by Crippen LogP contribution is 1.99. The Bertz CT molecular complexity index is 184. The average Bonchev–Trinajstić information content (AvgIpc) is 1.99. The van der Waals surface area contributed by atoms with Crippen LogP contribution in [-0.4, -0.2) is 16.2 Å². The Labute approximate surface area is 80.7 Å². The topological polar surface area (TPSA) is 28.0 Å². The molecule has 0 aliphatic heterocycles. The fourth-order valence-corrected chi connectivity index (χ4v) is 0.845. The van der Waals surface area contributed by atoms with Crippen LogP contribution >= 0.6 is 22.9 Å². The number of hydrogen-bond acceptors (Lipinski definition) is 2. The molecular weight excluding hydrogens is 253 g/mol. The standard InChI is InChI=1S/C7H10IN3/c1-3-5-11(8)6-4-10-7-9-2/h3-7H,2H2,1H3/b5-3-,6-4-,10-7+. The molecule has 4 heteroatoms. The maximum atomic E-state index is 3.80. The molecule has 0 aromatic carbocycles. The first kappa shape index (κ1) is 10.3. The maximum absolute atomic E-state index is 3.80. The summed E-state index contributed by atoms with van der Waals surface area (Å²) in [6.07, 6.45) is 8.68. The lowest BCUT2D eigenvalue weighted by Gasteiger charge is -1.99. The van der Waals surface area contributed by atoms with Gasteiger partial charge in [-0.1, -0.05) is 6.08 Å². The van der Waals surface area contributed by atoms with E-state index in [1.165, 1.54) is 6.34 Å². The van der Waals surface area contributed by atoms with Crippen LogP contribution in [-0.2, 0) is 0 Å². The first-order chi connectivity index (χ1) is 5.31. The average molecular weight is 263 g/mol. The predicted molar refractivity (Wildman–Crippen MR) is 57.9 cm³/mol. The largest absolute Gasteiger partial charge is 0.296 e. The van der Waals surface area contributed by atoms with E-state index >= 15 is 0 Å². The van der Waals surface area contributed by atoms with E-state index in [1.54, 1.807) is 6.20 Å². The fourth-order valence-electron chi connectivity index (χ4n) is 0.380. The highest BCUT2D eigenvalue weighted by atomic mass is 127. The van der Waals surface area contributed by atoms with Crippen molar-refractivity contribution in [1.82, 2.24) is 3.11 Å². The zero-order chi connectivity index (χ0) is 8.53. The van der Waals surface area contributed by atoms with Crippen LogP contribution in [0.25, 0.3) is 0 Å². The molecule has 0 unspecified atom stereocenters. The van der Waals surface area contributed by atoms with Gasteiger partial charge in [0.15, 0.2) is 0 Å². The van der Waals surface area contributed by atoms with Crippen molar-refractivity contribution >= 4 is 35.9 Å². The van der Waals surface area contributed by atoms with E-state index in [9.17, 15) is 0 Å². The van der Waals surface area contributed by atoms with Crippen LogP contribution in [0.3, 0.4) is 0 Å². The molecular formula is C7H10IN3. The third kappa shape index (κ3) is 7.24. The molecule has 0 heterocycles. The molecule has 0 saturated heterocycles. The summed E-state index contributed by atoms with van der Waals surface area (Å²) < 4.78 is 1.86. The molecule has 11 heavy (non-hydrogen) atoms. The van der Waals surface area contributed by atoms with Crippen molar-refractivity contribution in [1.29, 1.82) is 0 Å². The summed E-state index contributed by atoms with van der Waals surface area (Å²) in [6.45, 7) is 5.20. The second-order valence-electron chi connectivity index (χ2n) is 1.57. The SMILES string of the molecule is C=N/C=N/C=C\N(I)/C=C\C.